The van der Waals surface area contributed by atoms with Crippen molar-refractivity contribution in [3.8, 4) is 0 Å². The Hall–Kier alpha value is -1.35. The molecule has 1 aliphatic rings. The molecule has 0 atom stereocenters. The first kappa shape index (κ1) is 14.1. The highest BCUT2D eigenvalue weighted by atomic mass is 16.1. The highest BCUT2D eigenvalue weighted by molar-refractivity contribution is 5.75. The molecule has 0 saturated heterocycles. The van der Waals surface area contributed by atoms with Gasteiger partial charge in [-0.05, 0) is 30.7 Å². The number of rotatable bonds is 7. The van der Waals surface area contributed by atoms with Crippen LogP contribution in [-0.2, 0) is 4.79 Å². The normalized spacial score (nSPS) is 21.7. The van der Waals surface area contributed by atoms with Crippen LogP contribution >= 0.6 is 0 Å². The second-order valence-corrected chi connectivity index (χ2v) is 5.33. The zero-order valence-electron chi connectivity index (χ0n) is 11.7. The minimum atomic E-state index is 0.160. The zero-order valence-corrected chi connectivity index (χ0v) is 11.7. The van der Waals surface area contributed by atoms with Crippen LogP contribution in [0.15, 0.2) is 30.3 Å². The first-order valence-corrected chi connectivity index (χ1v) is 7.34. The minimum Gasteiger partial charge on any atom is -0.356 e. The number of carbonyl (C=O) groups is 1. The van der Waals surface area contributed by atoms with Crippen molar-refractivity contribution in [2.24, 2.45) is 0 Å². The molecule has 19 heavy (non-hydrogen) atoms. The van der Waals surface area contributed by atoms with Crippen LogP contribution < -0.4 is 10.6 Å². The van der Waals surface area contributed by atoms with E-state index in [2.05, 4.69) is 47.9 Å². The van der Waals surface area contributed by atoms with Gasteiger partial charge in [0.05, 0.1) is 0 Å². The van der Waals surface area contributed by atoms with Crippen molar-refractivity contribution >= 4 is 5.91 Å². The molecule has 1 fully saturated rings. The number of hydrogen-bond donors (Lipinski definition) is 2. The van der Waals surface area contributed by atoms with Crippen LogP contribution in [0, 0.1) is 0 Å². The maximum Gasteiger partial charge on any atom is 0.221 e. The van der Waals surface area contributed by atoms with Gasteiger partial charge in [-0.3, -0.25) is 4.79 Å². The van der Waals surface area contributed by atoms with Crippen LogP contribution in [0.4, 0.5) is 0 Å². The predicted octanol–water partition coefficient (Wildman–Crippen LogP) is 2.44. The van der Waals surface area contributed by atoms with Crippen LogP contribution in [0.3, 0.4) is 0 Å². The summed E-state index contributed by atoms with van der Waals surface area (Å²) in [5, 5.41) is 6.36. The fourth-order valence-electron chi connectivity index (χ4n) is 2.52. The maximum absolute atomic E-state index is 11.4. The van der Waals surface area contributed by atoms with E-state index in [1.807, 2.05) is 0 Å². The zero-order chi connectivity index (χ0) is 13.5. The van der Waals surface area contributed by atoms with E-state index in [-0.39, 0.29) is 5.91 Å². The molecule has 0 radical (unpaired) electrons. The van der Waals surface area contributed by atoms with Crippen molar-refractivity contribution in [1.29, 1.82) is 0 Å². The van der Waals surface area contributed by atoms with E-state index in [9.17, 15) is 4.79 Å². The third-order valence-corrected chi connectivity index (χ3v) is 3.77. The van der Waals surface area contributed by atoms with Crippen LogP contribution in [-0.4, -0.2) is 25.0 Å². The van der Waals surface area contributed by atoms with Gasteiger partial charge in [-0.15, -0.1) is 0 Å². The van der Waals surface area contributed by atoms with Crippen molar-refractivity contribution in [1.82, 2.24) is 10.6 Å². The van der Waals surface area contributed by atoms with Gasteiger partial charge in [0.1, 0.15) is 0 Å². The second-order valence-electron chi connectivity index (χ2n) is 5.33. The Kier molecular flexibility index (Phi) is 5.40. The first-order valence-electron chi connectivity index (χ1n) is 7.34. The molecule has 1 aliphatic carbocycles. The van der Waals surface area contributed by atoms with Crippen molar-refractivity contribution in [2.45, 2.75) is 44.6 Å². The lowest BCUT2D eigenvalue weighted by Gasteiger charge is -2.36. The summed E-state index contributed by atoms with van der Waals surface area (Å²) in [7, 11) is 0. The lowest BCUT2D eigenvalue weighted by molar-refractivity contribution is -0.121. The fraction of sp³-hybridized carbons (Fsp3) is 0.562. The summed E-state index contributed by atoms with van der Waals surface area (Å²) in [6, 6.07) is 11.3. The number of benzene rings is 1. The molecule has 2 rings (SSSR count). The summed E-state index contributed by atoms with van der Waals surface area (Å²) in [6.07, 6.45) is 3.98. The molecule has 1 aromatic carbocycles. The quantitative estimate of drug-likeness (QED) is 0.790. The molecule has 3 nitrogen and oxygen atoms in total. The van der Waals surface area contributed by atoms with Gasteiger partial charge in [0.25, 0.3) is 0 Å². The highest BCUT2D eigenvalue weighted by Crippen LogP contribution is 2.36. The monoisotopic (exact) mass is 260 g/mol. The molecule has 1 aromatic rings. The Labute approximate surface area is 115 Å². The first-order chi connectivity index (χ1) is 9.29. The molecule has 3 heteroatoms. The Bertz CT molecular complexity index is 385. The maximum atomic E-state index is 11.4. The molecule has 2 N–H and O–H groups in total. The summed E-state index contributed by atoms with van der Waals surface area (Å²) >= 11 is 0. The van der Waals surface area contributed by atoms with E-state index in [0.717, 1.165) is 19.5 Å². The number of carbonyl (C=O) groups excluding carboxylic acids is 1. The topological polar surface area (TPSA) is 41.1 Å². The summed E-state index contributed by atoms with van der Waals surface area (Å²) in [4.78, 5) is 11.4. The SMILES string of the molecule is CCCNC(=O)CCNC1CC(c2ccccc2)C1. The summed E-state index contributed by atoms with van der Waals surface area (Å²) < 4.78 is 0. The predicted molar refractivity (Wildman–Crippen MR) is 78.1 cm³/mol. The molecule has 0 unspecified atom stereocenters. The molecule has 0 spiro atoms. The van der Waals surface area contributed by atoms with Crippen molar-refractivity contribution in [3.63, 3.8) is 0 Å². The minimum absolute atomic E-state index is 0.160. The van der Waals surface area contributed by atoms with E-state index in [1.54, 1.807) is 0 Å². The third-order valence-electron chi connectivity index (χ3n) is 3.77. The fourth-order valence-corrected chi connectivity index (χ4v) is 2.52. The Morgan fingerprint density at radius 1 is 1.21 bits per heavy atom. The van der Waals surface area contributed by atoms with E-state index in [1.165, 1.54) is 18.4 Å². The van der Waals surface area contributed by atoms with Crippen LogP contribution in [0.2, 0.25) is 0 Å². The van der Waals surface area contributed by atoms with E-state index >= 15 is 0 Å². The van der Waals surface area contributed by atoms with Crippen molar-refractivity contribution < 1.29 is 4.79 Å². The van der Waals surface area contributed by atoms with Gasteiger partial charge in [0, 0.05) is 25.6 Å². The van der Waals surface area contributed by atoms with Crippen LogP contribution in [0.5, 0.6) is 0 Å². The van der Waals surface area contributed by atoms with Gasteiger partial charge in [-0.1, -0.05) is 37.3 Å². The van der Waals surface area contributed by atoms with Crippen LogP contribution in [0.1, 0.15) is 44.1 Å². The number of hydrogen-bond acceptors (Lipinski definition) is 2. The van der Waals surface area contributed by atoms with E-state index in [0.29, 0.717) is 18.4 Å². The third kappa shape index (κ3) is 4.35. The molecular formula is C16H24N2O. The van der Waals surface area contributed by atoms with Gasteiger partial charge >= 0.3 is 0 Å². The lowest BCUT2D eigenvalue weighted by atomic mass is 9.76. The van der Waals surface area contributed by atoms with Gasteiger partial charge in [-0.25, -0.2) is 0 Å². The molecule has 0 aliphatic heterocycles. The molecule has 0 aromatic heterocycles. The summed E-state index contributed by atoms with van der Waals surface area (Å²) in [5.74, 6) is 0.862. The van der Waals surface area contributed by atoms with Gasteiger partial charge in [-0.2, -0.15) is 0 Å². The van der Waals surface area contributed by atoms with Gasteiger partial charge < -0.3 is 10.6 Å². The largest absolute Gasteiger partial charge is 0.356 e. The highest BCUT2D eigenvalue weighted by Gasteiger charge is 2.29. The van der Waals surface area contributed by atoms with Crippen molar-refractivity contribution in [2.75, 3.05) is 13.1 Å². The molecular weight excluding hydrogens is 236 g/mol. The molecule has 0 heterocycles. The Balaban J connectivity index is 1.57. The summed E-state index contributed by atoms with van der Waals surface area (Å²) in [6.45, 7) is 3.65. The van der Waals surface area contributed by atoms with Gasteiger partial charge in [0.2, 0.25) is 5.91 Å². The molecule has 1 saturated carbocycles. The average molecular weight is 260 g/mol. The number of nitrogens with one attached hydrogen (secondary N) is 2. The Morgan fingerprint density at radius 2 is 1.95 bits per heavy atom. The Morgan fingerprint density at radius 3 is 2.63 bits per heavy atom. The number of amides is 1. The lowest BCUT2D eigenvalue weighted by Crippen LogP contribution is -2.41. The van der Waals surface area contributed by atoms with E-state index in [4.69, 9.17) is 0 Å². The summed E-state index contributed by atoms with van der Waals surface area (Å²) in [5.41, 5.74) is 1.45. The average Bonchev–Trinajstić information content (AvgIpc) is 2.40. The molecule has 0 bridgehead atoms. The standard InChI is InChI=1S/C16H24N2O/c1-2-9-18-16(19)8-10-17-15-11-14(12-15)13-6-4-3-5-7-13/h3-7,14-15,17H,2,8-12H2,1H3,(H,18,19). The van der Waals surface area contributed by atoms with Gasteiger partial charge in [0.15, 0.2) is 0 Å². The smallest absolute Gasteiger partial charge is 0.221 e. The van der Waals surface area contributed by atoms with Crippen molar-refractivity contribution in [3.05, 3.63) is 35.9 Å². The second kappa shape index (κ2) is 7.29. The molecule has 104 valence electrons. The van der Waals surface area contributed by atoms with E-state index < -0.39 is 0 Å². The molecule has 1 amide bonds. The van der Waals surface area contributed by atoms with Crippen LogP contribution in [0.25, 0.3) is 0 Å².